The molecule has 0 saturated heterocycles. The quantitative estimate of drug-likeness (QED) is 0.811. The molecule has 1 aromatic heterocycles. The number of hydrogen-bond acceptors (Lipinski definition) is 3. The van der Waals surface area contributed by atoms with Crippen LogP contribution < -0.4 is 5.11 Å². The molecule has 0 unspecified atom stereocenters. The van der Waals surface area contributed by atoms with Gasteiger partial charge in [-0.15, -0.1) is 0 Å². The number of alkyl halides is 3. The first kappa shape index (κ1) is 12.2. The Balaban J connectivity index is 2.41. The number of carboxylic acids is 1. The summed E-state index contributed by atoms with van der Waals surface area (Å²) in [6.45, 7) is 0. The number of carbonyl (C=O) groups is 1. The van der Waals surface area contributed by atoms with E-state index in [2.05, 4.69) is 4.98 Å². The Morgan fingerprint density at radius 1 is 1.22 bits per heavy atom. The van der Waals surface area contributed by atoms with Crippen molar-refractivity contribution >= 4 is 5.97 Å². The number of nitrogens with zero attached hydrogens (tertiary/aromatic N) is 2. The van der Waals surface area contributed by atoms with Crippen LogP contribution in [0.3, 0.4) is 0 Å². The minimum atomic E-state index is -4.43. The fourth-order valence-electron chi connectivity index (χ4n) is 1.47. The maximum atomic E-state index is 12.3. The van der Waals surface area contributed by atoms with Gasteiger partial charge in [0.2, 0.25) is 0 Å². The molecule has 0 bridgehead atoms. The summed E-state index contributed by atoms with van der Waals surface area (Å²) < 4.78 is 38.2. The lowest BCUT2D eigenvalue weighted by molar-refractivity contribution is -0.256. The average Bonchev–Trinajstić information content (AvgIpc) is 2.77. The van der Waals surface area contributed by atoms with Crippen LogP contribution in [0.2, 0.25) is 0 Å². The number of rotatable bonds is 2. The van der Waals surface area contributed by atoms with Gasteiger partial charge in [0.1, 0.15) is 5.97 Å². The molecule has 0 aliphatic carbocycles. The van der Waals surface area contributed by atoms with Gasteiger partial charge < -0.3 is 9.90 Å². The Hall–Kier alpha value is -2.31. The molecule has 0 radical (unpaired) electrons. The summed E-state index contributed by atoms with van der Waals surface area (Å²) >= 11 is 0. The van der Waals surface area contributed by atoms with Crippen LogP contribution in [0.4, 0.5) is 13.2 Å². The fraction of sp³-hybridized carbons (Fsp3) is 0.0909. The maximum absolute atomic E-state index is 12.3. The van der Waals surface area contributed by atoms with E-state index < -0.39 is 17.7 Å². The molecule has 18 heavy (non-hydrogen) atoms. The van der Waals surface area contributed by atoms with Gasteiger partial charge in [-0.1, -0.05) is 0 Å². The van der Waals surface area contributed by atoms with Crippen molar-refractivity contribution < 1.29 is 23.1 Å². The molecule has 0 spiro atoms. The number of hydrogen-bond donors (Lipinski definition) is 0. The topological polar surface area (TPSA) is 57.9 Å². The van der Waals surface area contributed by atoms with Gasteiger partial charge >= 0.3 is 6.18 Å². The van der Waals surface area contributed by atoms with E-state index in [1.54, 1.807) is 0 Å². The summed E-state index contributed by atoms with van der Waals surface area (Å²) in [5.41, 5.74) is -0.541. The third-order valence-electron chi connectivity index (χ3n) is 2.30. The molecule has 0 amide bonds. The molecule has 0 saturated carbocycles. The van der Waals surface area contributed by atoms with Crippen molar-refractivity contribution in [1.82, 2.24) is 9.55 Å². The lowest BCUT2D eigenvalue weighted by Gasteiger charge is -2.10. The van der Waals surface area contributed by atoms with E-state index >= 15 is 0 Å². The molecule has 4 nitrogen and oxygen atoms in total. The summed E-state index contributed by atoms with van der Waals surface area (Å²) in [4.78, 5) is 14.2. The van der Waals surface area contributed by atoms with E-state index in [4.69, 9.17) is 0 Å². The summed E-state index contributed by atoms with van der Waals surface area (Å²) in [5, 5.41) is 10.7. The molecule has 94 valence electrons. The number of imidazole rings is 1. The summed E-state index contributed by atoms with van der Waals surface area (Å²) in [7, 11) is 0. The van der Waals surface area contributed by atoms with Crippen molar-refractivity contribution in [2.24, 2.45) is 0 Å². The van der Waals surface area contributed by atoms with Gasteiger partial charge in [-0.2, -0.15) is 13.2 Å². The van der Waals surface area contributed by atoms with Gasteiger partial charge in [0.25, 0.3) is 0 Å². The standard InChI is InChI=1S/C11H7F3N2O2/c12-11(13,14)7-1-3-8(4-2-7)16-6-5-15-9(16)10(17)18/h1-6H,(H,17,18)/p-1. The predicted molar refractivity (Wildman–Crippen MR) is 52.9 cm³/mol. The maximum Gasteiger partial charge on any atom is 0.416 e. The molecular weight excluding hydrogens is 249 g/mol. The number of aromatic carboxylic acids is 1. The zero-order valence-electron chi connectivity index (χ0n) is 8.81. The summed E-state index contributed by atoms with van der Waals surface area (Å²) in [6.07, 6.45) is -1.87. The average molecular weight is 255 g/mol. The van der Waals surface area contributed by atoms with E-state index in [0.29, 0.717) is 0 Å². The highest BCUT2D eigenvalue weighted by molar-refractivity contribution is 5.82. The first-order valence-electron chi connectivity index (χ1n) is 4.82. The highest BCUT2D eigenvalue weighted by atomic mass is 19.4. The van der Waals surface area contributed by atoms with Gasteiger partial charge in [-0.05, 0) is 24.3 Å². The van der Waals surface area contributed by atoms with Crippen LogP contribution in [0.15, 0.2) is 36.7 Å². The van der Waals surface area contributed by atoms with Gasteiger partial charge in [0.05, 0.1) is 5.56 Å². The first-order valence-corrected chi connectivity index (χ1v) is 4.82. The predicted octanol–water partition coefficient (Wildman–Crippen LogP) is 1.25. The zero-order chi connectivity index (χ0) is 13.3. The molecule has 0 aliphatic heterocycles. The smallest absolute Gasteiger partial charge is 0.416 e. The lowest BCUT2D eigenvalue weighted by atomic mass is 10.2. The third kappa shape index (κ3) is 2.20. The minimum Gasteiger partial charge on any atom is -0.542 e. The van der Waals surface area contributed by atoms with Crippen molar-refractivity contribution in [3.63, 3.8) is 0 Å². The van der Waals surface area contributed by atoms with Crippen molar-refractivity contribution in [1.29, 1.82) is 0 Å². The number of aromatic nitrogens is 2. The van der Waals surface area contributed by atoms with Gasteiger partial charge in [-0.3, -0.25) is 4.57 Å². The van der Waals surface area contributed by atoms with E-state index in [1.165, 1.54) is 12.4 Å². The Kier molecular flexibility index (Phi) is 2.82. The van der Waals surface area contributed by atoms with Crippen molar-refractivity contribution in [3.05, 3.63) is 48.0 Å². The van der Waals surface area contributed by atoms with Gasteiger partial charge in [0, 0.05) is 18.1 Å². The van der Waals surface area contributed by atoms with E-state index in [9.17, 15) is 23.1 Å². The van der Waals surface area contributed by atoms with Gasteiger partial charge in [0.15, 0.2) is 5.82 Å². The number of halogens is 3. The molecule has 2 rings (SSSR count). The Morgan fingerprint density at radius 2 is 1.83 bits per heavy atom. The second-order valence-electron chi connectivity index (χ2n) is 3.45. The van der Waals surface area contributed by atoms with Crippen LogP contribution >= 0.6 is 0 Å². The molecule has 2 aromatic rings. The second kappa shape index (κ2) is 4.17. The molecule has 1 aromatic carbocycles. The third-order valence-corrected chi connectivity index (χ3v) is 2.30. The van der Waals surface area contributed by atoms with Gasteiger partial charge in [-0.25, -0.2) is 4.98 Å². The van der Waals surface area contributed by atoms with E-state index in [1.807, 2.05) is 0 Å². The van der Waals surface area contributed by atoms with Crippen molar-refractivity contribution in [2.45, 2.75) is 6.18 Å². The van der Waals surface area contributed by atoms with E-state index in [0.717, 1.165) is 28.8 Å². The largest absolute Gasteiger partial charge is 0.542 e. The Labute approximate surface area is 99.3 Å². The SMILES string of the molecule is O=C([O-])c1nccn1-c1ccc(C(F)(F)F)cc1. The molecule has 0 N–H and O–H groups in total. The number of benzene rings is 1. The summed E-state index contributed by atoms with van der Waals surface area (Å²) in [6, 6.07) is 4.07. The minimum absolute atomic E-state index is 0.264. The zero-order valence-corrected chi connectivity index (χ0v) is 8.81. The van der Waals surface area contributed by atoms with Crippen LogP contribution in [-0.2, 0) is 6.18 Å². The Bertz CT molecular complexity index is 573. The Morgan fingerprint density at radius 3 is 2.33 bits per heavy atom. The van der Waals surface area contributed by atoms with Crippen LogP contribution in [0.25, 0.3) is 5.69 Å². The molecule has 0 aliphatic rings. The van der Waals surface area contributed by atoms with E-state index in [-0.39, 0.29) is 11.5 Å². The van der Waals surface area contributed by atoms with Crippen LogP contribution in [-0.4, -0.2) is 15.5 Å². The lowest BCUT2D eigenvalue weighted by Crippen LogP contribution is -2.26. The van der Waals surface area contributed by atoms with Crippen LogP contribution in [0.5, 0.6) is 0 Å². The monoisotopic (exact) mass is 255 g/mol. The normalized spacial score (nSPS) is 11.5. The first-order chi connectivity index (χ1) is 8.39. The molecule has 0 atom stereocenters. The van der Waals surface area contributed by atoms with Crippen molar-refractivity contribution in [2.75, 3.05) is 0 Å². The summed E-state index contributed by atoms with van der Waals surface area (Å²) in [5.74, 6) is -1.87. The highest BCUT2D eigenvalue weighted by Gasteiger charge is 2.30. The highest BCUT2D eigenvalue weighted by Crippen LogP contribution is 2.29. The van der Waals surface area contributed by atoms with Crippen molar-refractivity contribution in [3.8, 4) is 5.69 Å². The van der Waals surface area contributed by atoms with Crippen LogP contribution in [0.1, 0.15) is 16.2 Å². The fourth-order valence-corrected chi connectivity index (χ4v) is 1.47. The molecule has 7 heteroatoms. The second-order valence-corrected chi connectivity index (χ2v) is 3.45. The number of carboxylic acid groups (broad SMARTS) is 1. The molecule has 0 fully saturated rings. The molecule has 1 heterocycles. The van der Waals surface area contributed by atoms with Crippen LogP contribution in [0, 0.1) is 0 Å². The number of carbonyl (C=O) groups excluding carboxylic acids is 1. The molecular formula is C11H6F3N2O2-.